The van der Waals surface area contributed by atoms with E-state index in [0.717, 1.165) is 5.56 Å². The van der Waals surface area contributed by atoms with Gasteiger partial charge < -0.3 is 0 Å². The number of carbonyl (C=O) groups is 1. The van der Waals surface area contributed by atoms with Gasteiger partial charge in [-0.1, -0.05) is 23.8 Å². The van der Waals surface area contributed by atoms with Crippen LogP contribution in [-0.2, 0) is 4.79 Å². The summed E-state index contributed by atoms with van der Waals surface area (Å²) in [7, 11) is 0. The molecular formula is C17H17O2+. The van der Waals surface area contributed by atoms with Crippen molar-refractivity contribution in [2.75, 3.05) is 0 Å². The summed E-state index contributed by atoms with van der Waals surface area (Å²) in [4.78, 5) is 11.2. The van der Waals surface area contributed by atoms with Crippen LogP contribution in [-0.4, -0.2) is 11.8 Å². The van der Waals surface area contributed by atoms with Crippen LogP contribution in [0.5, 0.6) is 0 Å². The smallest absolute Gasteiger partial charge is 0.271 e. The first kappa shape index (κ1) is 12.1. The highest BCUT2D eigenvalue weighted by molar-refractivity contribution is 6.13. The maximum atomic E-state index is 11.2. The van der Waals surface area contributed by atoms with Crippen molar-refractivity contribution in [1.29, 1.82) is 0 Å². The highest BCUT2D eigenvalue weighted by Crippen LogP contribution is 2.36. The second-order valence-corrected chi connectivity index (χ2v) is 5.06. The van der Waals surface area contributed by atoms with Gasteiger partial charge in [0.05, 0.1) is 5.56 Å². The lowest BCUT2D eigenvalue weighted by atomic mass is 9.88. The first-order chi connectivity index (χ1) is 9.25. The van der Waals surface area contributed by atoms with E-state index in [-0.39, 0.29) is 5.97 Å². The summed E-state index contributed by atoms with van der Waals surface area (Å²) in [5.74, 6) is 0.386. The molecule has 1 aromatic rings. The van der Waals surface area contributed by atoms with Crippen molar-refractivity contribution in [2.45, 2.75) is 32.6 Å². The zero-order valence-corrected chi connectivity index (χ0v) is 11.1. The minimum atomic E-state index is -0.272. The Morgan fingerprint density at radius 3 is 2.42 bits per heavy atom. The van der Waals surface area contributed by atoms with Gasteiger partial charge in [-0.2, -0.15) is 0 Å². The van der Waals surface area contributed by atoms with Gasteiger partial charge in [-0.25, -0.2) is 0 Å². The minimum Gasteiger partial charge on any atom is -0.271 e. The van der Waals surface area contributed by atoms with E-state index in [1.165, 1.54) is 49.3 Å². The number of rotatable bonds is 0. The molecule has 3 rings (SSSR count). The Morgan fingerprint density at radius 1 is 1.05 bits per heavy atom. The van der Waals surface area contributed by atoms with E-state index in [0.29, 0.717) is 5.78 Å². The van der Waals surface area contributed by atoms with E-state index >= 15 is 0 Å². The molecule has 0 radical (unpaired) electrons. The molecule has 2 nitrogen and oxygen atoms in total. The molecule has 2 aliphatic carbocycles. The molecule has 0 atom stereocenters. The number of hydrogen-bond acceptors (Lipinski definition) is 1. The Labute approximate surface area is 113 Å². The third-order valence-corrected chi connectivity index (χ3v) is 3.73. The standard InChI is InChI=1S/C17H17O2/c1-12(18)19-17-11-10-14(13-6-2-3-7-13)15-8-4-5-9-16(15)17/h4-5,8-11H,2-3,6-7H2,1H3/q+1. The molecule has 0 unspecified atom stereocenters. The van der Waals surface area contributed by atoms with Crippen LogP contribution in [0.4, 0.5) is 0 Å². The number of fused-ring (bicyclic) bond motifs is 1. The molecule has 0 aromatic heterocycles. The molecule has 0 N–H and O–H groups in total. The molecule has 2 heteroatoms. The van der Waals surface area contributed by atoms with E-state index < -0.39 is 0 Å². The first-order valence-corrected chi connectivity index (χ1v) is 6.81. The third-order valence-electron chi connectivity index (χ3n) is 3.73. The fourth-order valence-corrected chi connectivity index (χ4v) is 2.89. The quantitative estimate of drug-likeness (QED) is 0.645. The first-order valence-electron chi connectivity index (χ1n) is 6.81. The summed E-state index contributed by atoms with van der Waals surface area (Å²) in [6, 6.07) is 8.16. The molecule has 1 fully saturated rings. The van der Waals surface area contributed by atoms with E-state index in [9.17, 15) is 4.79 Å². The van der Waals surface area contributed by atoms with Gasteiger partial charge in [-0.05, 0) is 49.0 Å². The van der Waals surface area contributed by atoms with Gasteiger partial charge >= 0.3 is 5.97 Å². The normalized spacial score (nSPS) is 19.9. The van der Waals surface area contributed by atoms with Crippen LogP contribution < -0.4 is 0 Å². The second-order valence-electron chi connectivity index (χ2n) is 5.06. The third kappa shape index (κ3) is 2.30. The fraction of sp³-hybridized carbons (Fsp3) is 0.294. The Morgan fingerprint density at radius 2 is 1.74 bits per heavy atom. The Hall–Kier alpha value is -1.96. The predicted octanol–water partition coefficient (Wildman–Crippen LogP) is 3.85. The van der Waals surface area contributed by atoms with Crippen LogP contribution in [0.25, 0.3) is 5.57 Å². The van der Waals surface area contributed by atoms with Crippen molar-refractivity contribution in [2.24, 2.45) is 0 Å². The van der Waals surface area contributed by atoms with Crippen molar-refractivity contribution in [3.63, 3.8) is 0 Å². The highest BCUT2D eigenvalue weighted by Gasteiger charge is 2.23. The lowest BCUT2D eigenvalue weighted by molar-refractivity contribution is -0.240. The number of benzene rings is 1. The number of allylic oxidation sites excluding steroid dienone is 4. The maximum absolute atomic E-state index is 11.2. The topological polar surface area (TPSA) is 28.4 Å². The molecule has 0 amide bonds. The Kier molecular flexibility index (Phi) is 3.16. The summed E-state index contributed by atoms with van der Waals surface area (Å²) in [5.41, 5.74) is 5.07. The van der Waals surface area contributed by atoms with Crippen molar-refractivity contribution in [1.82, 2.24) is 0 Å². The fourth-order valence-electron chi connectivity index (χ4n) is 2.89. The number of hydrogen-bond donors (Lipinski definition) is 0. The SMILES string of the molecule is CC(=O)[O+]=C1C=CC(=C2CCCC2)c2ccccc21. The highest BCUT2D eigenvalue weighted by atomic mass is 16.4. The number of ketones is 1. The van der Waals surface area contributed by atoms with Crippen molar-refractivity contribution < 1.29 is 9.22 Å². The molecule has 19 heavy (non-hydrogen) atoms. The molecular weight excluding hydrogens is 236 g/mol. The largest absolute Gasteiger partial charge is 0.577 e. The molecule has 0 spiro atoms. The van der Waals surface area contributed by atoms with Crippen LogP contribution in [0, 0.1) is 0 Å². The lowest BCUT2D eigenvalue weighted by Crippen LogP contribution is -2.09. The monoisotopic (exact) mass is 253 g/mol. The second kappa shape index (κ2) is 4.96. The van der Waals surface area contributed by atoms with Crippen LogP contribution >= 0.6 is 0 Å². The van der Waals surface area contributed by atoms with Gasteiger partial charge in [0, 0.05) is 10.9 Å². The van der Waals surface area contributed by atoms with Gasteiger partial charge in [0.15, 0.2) is 0 Å². The summed E-state index contributed by atoms with van der Waals surface area (Å²) in [6.45, 7) is 1.44. The summed E-state index contributed by atoms with van der Waals surface area (Å²) in [6.07, 6.45) is 8.98. The van der Waals surface area contributed by atoms with Crippen LogP contribution in [0.2, 0.25) is 0 Å². The van der Waals surface area contributed by atoms with Gasteiger partial charge in [0.1, 0.15) is 6.92 Å². The van der Waals surface area contributed by atoms with E-state index in [1.807, 2.05) is 24.3 Å². The number of carbonyl (C=O) groups excluding carboxylic acids is 2. The molecule has 96 valence electrons. The zero-order valence-electron chi connectivity index (χ0n) is 11.1. The molecule has 0 heterocycles. The zero-order chi connectivity index (χ0) is 13.2. The van der Waals surface area contributed by atoms with Gasteiger partial charge in [0.25, 0.3) is 5.78 Å². The summed E-state index contributed by atoms with van der Waals surface area (Å²) in [5, 5.41) is 0. The van der Waals surface area contributed by atoms with Crippen molar-refractivity contribution in [3.8, 4) is 0 Å². The summed E-state index contributed by atoms with van der Waals surface area (Å²) >= 11 is 0. The summed E-state index contributed by atoms with van der Waals surface area (Å²) < 4.78 is 5.30. The predicted molar refractivity (Wildman–Crippen MR) is 76.0 cm³/mol. The van der Waals surface area contributed by atoms with E-state index in [4.69, 9.17) is 4.42 Å². The van der Waals surface area contributed by atoms with Gasteiger partial charge in [-0.15, -0.1) is 0 Å². The van der Waals surface area contributed by atoms with Crippen LogP contribution in [0.15, 0.2) is 42.0 Å². The molecule has 2 aliphatic rings. The Balaban J connectivity index is 2.16. The molecule has 0 saturated heterocycles. The van der Waals surface area contributed by atoms with E-state index in [2.05, 4.69) is 12.1 Å². The minimum absolute atomic E-state index is 0.272. The van der Waals surface area contributed by atoms with Crippen molar-refractivity contribution >= 4 is 17.3 Å². The Bertz CT molecular complexity index is 610. The van der Waals surface area contributed by atoms with Crippen LogP contribution in [0.1, 0.15) is 48.2 Å². The molecule has 0 bridgehead atoms. The maximum Gasteiger partial charge on any atom is 0.577 e. The molecule has 1 saturated carbocycles. The lowest BCUT2D eigenvalue weighted by Gasteiger charge is -2.15. The van der Waals surface area contributed by atoms with E-state index in [1.54, 1.807) is 0 Å². The molecule has 1 aromatic carbocycles. The van der Waals surface area contributed by atoms with Crippen LogP contribution in [0.3, 0.4) is 0 Å². The van der Waals surface area contributed by atoms with Crippen molar-refractivity contribution in [3.05, 3.63) is 53.1 Å². The molecule has 0 aliphatic heterocycles. The van der Waals surface area contributed by atoms with Gasteiger partial charge in [-0.3, -0.25) is 4.42 Å². The van der Waals surface area contributed by atoms with Gasteiger partial charge in [0.2, 0.25) is 0 Å². The average Bonchev–Trinajstić information content (AvgIpc) is 2.92. The average molecular weight is 253 g/mol.